The van der Waals surface area contributed by atoms with E-state index in [1.165, 1.54) is 6.26 Å². The van der Waals surface area contributed by atoms with Crippen molar-refractivity contribution in [3.8, 4) is 0 Å². The van der Waals surface area contributed by atoms with Crippen molar-refractivity contribution in [2.75, 3.05) is 19.6 Å². The number of carbonyl (C=O) groups excluding carboxylic acids is 2. The predicted octanol–water partition coefficient (Wildman–Crippen LogP) is -0.269. The van der Waals surface area contributed by atoms with E-state index in [0.717, 1.165) is 0 Å². The van der Waals surface area contributed by atoms with Crippen molar-refractivity contribution in [2.24, 2.45) is 11.8 Å². The topological polar surface area (TPSA) is 104 Å². The molecular formula is C15H23N3O4. The zero-order chi connectivity index (χ0) is 16.1. The first-order valence-electron chi connectivity index (χ1n) is 7.50. The van der Waals surface area contributed by atoms with Gasteiger partial charge in [-0.1, -0.05) is 13.8 Å². The van der Waals surface area contributed by atoms with Gasteiger partial charge < -0.3 is 25.5 Å². The number of rotatable bonds is 6. The number of amides is 2. The fourth-order valence-corrected chi connectivity index (χ4v) is 2.42. The van der Waals surface area contributed by atoms with Gasteiger partial charge >= 0.3 is 0 Å². The van der Waals surface area contributed by atoms with Crippen LogP contribution >= 0.6 is 0 Å². The summed E-state index contributed by atoms with van der Waals surface area (Å²) in [5.74, 6) is -0.563. The molecule has 0 bridgehead atoms. The predicted molar refractivity (Wildman–Crippen MR) is 80.2 cm³/mol. The lowest BCUT2D eigenvalue weighted by atomic mass is 10.0. The lowest BCUT2D eigenvalue weighted by molar-refractivity contribution is -0.124. The van der Waals surface area contributed by atoms with Crippen molar-refractivity contribution in [1.82, 2.24) is 16.0 Å². The maximum Gasteiger partial charge on any atom is 0.287 e. The zero-order valence-electron chi connectivity index (χ0n) is 12.8. The second-order valence-electron chi connectivity index (χ2n) is 5.90. The Morgan fingerprint density at radius 3 is 2.77 bits per heavy atom. The van der Waals surface area contributed by atoms with Crippen LogP contribution in [0.25, 0.3) is 0 Å². The third-order valence-corrected chi connectivity index (χ3v) is 3.82. The van der Waals surface area contributed by atoms with Crippen molar-refractivity contribution in [3.05, 3.63) is 24.2 Å². The Bertz CT molecular complexity index is 501. The molecule has 0 saturated carbocycles. The fraction of sp³-hybridized carbons (Fsp3) is 0.600. The summed E-state index contributed by atoms with van der Waals surface area (Å²) in [5.41, 5.74) is 0. The lowest BCUT2D eigenvalue weighted by Crippen LogP contribution is -2.51. The highest BCUT2D eigenvalue weighted by atomic mass is 16.3. The molecule has 3 unspecified atom stereocenters. The van der Waals surface area contributed by atoms with E-state index in [2.05, 4.69) is 16.0 Å². The summed E-state index contributed by atoms with van der Waals surface area (Å²) in [6, 6.07) is 2.52. The van der Waals surface area contributed by atoms with Crippen molar-refractivity contribution in [3.63, 3.8) is 0 Å². The van der Waals surface area contributed by atoms with E-state index in [1.807, 2.05) is 13.8 Å². The fourth-order valence-electron chi connectivity index (χ4n) is 2.42. The molecule has 22 heavy (non-hydrogen) atoms. The van der Waals surface area contributed by atoms with E-state index in [-0.39, 0.29) is 23.5 Å². The molecule has 0 spiro atoms. The summed E-state index contributed by atoms with van der Waals surface area (Å²) in [6.45, 7) is 5.32. The maximum absolute atomic E-state index is 12.3. The molecule has 122 valence electrons. The normalized spacial score (nSPS) is 22.5. The number of aliphatic hydroxyl groups excluding tert-OH is 1. The van der Waals surface area contributed by atoms with Gasteiger partial charge in [-0.05, 0) is 18.1 Å². The summed E-state index contributed by atoms with van der Waals surface area (Å²) < 4.78 is 5.03. The average molecular weight is 309 g/mol. The molecule has 0 aliphatic carbocycles. The minimum atomic E-state index is -0.649. The molecule has 3 atom stereocenters. The zero-order valence-corrected chi connectivity index (χ0v) is 12.8. The van der Waals surface area contributed by atoms with Gasteiger partial charge in [-0.3, -0.25) is 9.59 Å². The molecule has 1 saturated heterocycles. The van der Waals surface area contributed by atoms with Gasteiger partial charge in [0, 0.05) is 25.6 Å². The smallest absolute Gasteiger partial charge is 0.287 e. The van der Waals surface area contributed by atoms with Gasteiger partial charge in [-0.25, -0.2) is 0 Å². The van der Waals surface area contributed by atoms with Crippen LogP contribution < -0.4 is 16.0 Å². The summed E-state index contributed by atoms with van der Waals surface area (Å²) in [6.07, 6.45) is 0.962. The summed E-state index contributed by atoms with van der Waals surface area (Å²) in [4.78, 5) is 24.3. The van der Waals surface area contributed by atoms with Crippen LogP contribution in [0.5, 0.6) is 0 Å². The first-order chi connectivity index (χ1) is 10.5. The van der Waals surface area contributed by atoms with E-state index < -0.39 is 18.1 Å². The van der Waals surface area contributed by atoms with Crippen LogP contribution in [-0.4, -0.2) is 48.7 Å². The van der Waals surface area contributed by atoms with Gasteiger partial charge in [0.05, 0.1) is 12.4 Å². The summed E-state index contributed by atoms with van der Waals surface area (Å²) in [5, 5.41) is 18.3. The van der Waals surface area contributed by atoms with Crippen LogP contribution in [0, 0.1) is 11.8 Å². The van der Waals surface area contributed by atoms with E-state index in [4.69, 9.17) is 4.42 Å². The molecule has 0 radical (unpaired) electrons. The van der Waals surface area contributed by atoms with E-state index in [1.54, 1.807) is 12.1 Å². The molecular weight excluding hydrogens is 286 g/mol. The van der Waals surface area contributed by atoms with Gasteiger partial charge in [0.15, 0.2) is 5.76 Å². The lowest BCUT2D eigenvalue weighted by Gasteiger charge is -2.22. The highest BCUT2D eigenvalue weighted by molar-refractivity contribution is 5.95. The van der Waals surface area contributed by atoms with Gasteiger partial charge in [0.2, 0.25) is 5.91 Å². The Morgan fingerprint density at radius 1 is 1.45 bits per heavy atom. The van der Waals surface area contributed by atoms with Crippen molar-refractivity contribution in [1.29, 1.82) is 0 Å². The van der Waals surface area contributed by atoms with Gasteiger partial charge in [-0.2, -0.15) is 0 Å². The van der Waals surface area contributed by atoms with Crippen molar-refractivity contribution in [2.45, 2.75) is 26.0 Å². The largest absolute Gasteiger partial charge is 0.459 e. The standard InChI is InChI=1S/C15H23N3O4/c1-9(2)13(18-14(20)12-4-3-5-22-12)15(21)17-7-10-6-16-8-11(10)19/h3-5,9-11,13,16,19H,6-8H2,1-2H3,(H,17,21)(H,18,20). The van der Waals surface area contributed by atoms with Crippen LogP contribution in [0.15, 0.2) is 22.8 Å². The highest BCUT2D eigenvalue weighted by Gasteiger charge is 2.29. The number of hydrogen-bond acceptors (Lipinski definition) is 5. The Morgan fingerprint density at radius 2 is 2.23 bits per heavy atom. The second-order valence-corrected chi connectivity index (χ2v) is 5.90. The van der Waals surface area contributed by atoms with Crippen molar-refractivity contribution < 1.29 is 19.1 Å². The van der Waals surface area contributed by atoms with Gasteiger partial charge in [-0.15, -0.1) is 0 Å². The van der Waals surface area contributed by atoms with Crippen LogP contribution in [-0.2, 0) is 4.79 Å². The SMILES string of the molecule is CC(C)C(NC(=O)c1ccco1)C(=O)NCC1CNCC1O. The Kier molecular flexibility index (Phi) is 5.57. The Balaban J connectivity index is 1.89. The van der Waals surface area contributed by atoms with Gasteiger partial charge in [0.1, 0.15) is 6.04 Å². The molecule has 2 rings (SSSR count). The summed E-state index contributed by atoms with van der Waals surface area (Å²) >= 11 is 0. The minimum Gasteiger partial charge on any atom is -0.459 e. The number of aliphatic hydroxyl groups is 1. The average Bonchev–Trinajstić information content (AvgIpc) is 3.13. The maximum atomic E-state index is 12.3. The second kappa shape index (κ2) is 7.42. The molecule has 4 N–H and O–H groups in total. The first-order valence-corrected chi connectivity index (χ1v) is 7.50. The highest BCUT2D eigenvalue weighted by Crippen LogP contribution is 2.09. The molecule has 1 aliphatic rings. The third-order valence-electron chi connectivity index (χ3n) is 3.82. The molecule has 1 aromatic rings. The first kappa shape index (κ1) is 16.5. The number of hydrogen-bond donors (Lipinski definition) is 4. The molecule has 1 aromatic heterocycles. The van der Waals surface area contributed by atoms with E-state index in [0.29, 0.717) is 19.6 Å². The molecule has 7 nitrogen and oxygen atoms in total. The quantitative estimate of drug-likeness (QED) is 0.579. The number of nitrogens with one attached hydrogen (secondary N) is 3. The Labute approximate surface area is 129 Å². The van der Waals surface area contributed by atoms with E-state index >= 15 is 0 Å². The van der Waals surface area contributed by atoms with Crippen LogP contribution in [0.3, 0.4) is 0 Å². The van der Waals surface area contributed by atoms with Gasteiger partial charge in [0.25, 0.3) is 5.91 Å². The van der Waals surface area contributed by atoms with E-state index in [9.17, 15) is 14.7 Å². The minimum absolute atomic E-state index is 0.00228. The van der Waals surface area contributed by atoms with Crippen molar-refractivity contribution >= 4 is 11.8 Å². The summed E-state index contributed by atoms with van der Waals surface area (Å²) in [7, 11) is 0. The van der Waals surface area contributed by atoms with Crippen LogP contribution in [0.1, 0.15) is 24.4 Å². The van der Waals surface area contributed by atoms with Crippen LogP contribution in [0.4, 0.5) is 0 Å². The molecule has 2 amide bonds. The number of furan rings is 1. The van der Waals surface area contributed by atoms with Crippen LogP contribution in [0.2, 0.25) is 0 Å². The molecule has 2 heterocycles. The molecule has 7 heteroatoms. The number of carbonyl (C=O) groups is 2. The molecule has 1 aliphatic heterocycles. The molecule has 1 fully saturated rings. The molecule has 0 aromatic carbocycles. The third kappa shape index (κ3) is 4.08. The monoisotopic (exact) mass is 309 g/mol. The number of β-amino-alcohol motifs (C(OH)–C–C–N with tert-alkyl or cyclic N) is 1. The Hall–Kier alpha value is -1.86.